The van der Waals surface area contributed by atoms with E-state index >= 15 is 0 Å². The number of benzene rings is 1. The molecule has 2 amide bonds. The minimum Gasteiger partial charge on any atom is -0.395 e. The molecule has 1 N–H and O–H groups in total. The second-order valence-corrected chi connectivity index (χ2v) is 7.20. The minimum absolute atomic E-state index is 0.0830. The number of unbranched alkanes of at least 4 members (excludes halogenated alkanes) is 5. The van der Waals surface area contributed by atoms with E-state index in [1.54, 1.807) is 11.9 Å². The summed E-state index contributed by atoms with van der Waals surface area (Å²) in [5.74, 6) is -0.773. The number of amides is 2. The number of nitro groups is 1. The van der Waals surface area contributed by atoms with Crippen LogP contribution >= 0.6 is 0 Å². The number of carbonyl (C=O) groups excluding carboxylic acids is 2. The van der Waals surface area contributed by atoms with Gasteiger partial charge >= 0.3 is 0 Å². The molecule has 158 valence electrons. The zero-order valence-electron chi connectivity index (χ0n) is 17.1. The number of imide groups is 1. The van der Waals surface area contributed by atoms with Gasteiger partial charge in [-0.3, -0.25) is 24.6 Å². The molecule has 0 aromatic heterocycles. The third kappa shape index (κ3) is 5.41. The van der Waals surface area contributed by atoms with Crippen LogP contribution < -0.4 is 0 Å². The monoisotopic (exact) mass is 403 g/mol. The second kappa shape index (κ2) is 10.7. The van der Waals surface area contributed by atoms with Crippen molar-refractivity contribution in [3.05, 3.63) is 45.6 Å². The number of hydrogen-bond acceptors (Lipinski definition) is 6. The summed E-state index contributed by atoms with van der Waals surface area (Å²) in [6.07, 6.45) is 6.26. The number of likely N-dealkylation sites (N-methyl/N-ethyl adjacent to an activating group) is 1. The van der Waals surface area contributed by atoms with Gasteiger partial charge in [-0.1, -0.05) is 39.0 Å². The van der Waals surface area contributed by atoms with Gasteiger partial charge in [-0.2, -0.15) is 0 Å². The number of nitrogens with zero attached hydrogens (tertiary/aromatic N) is 3. The molecule has 0 fully saturated rings. The zero-order valence-corrected chi connectivity index (χ0v) is 17.1. The maximum atomic E-state index is 13.0. The Balaban J connectivity index is 2.22. The van der Waals surface area contributed by atoms with Gasteiger partial charge < -0.3 is 10.0 Å². The van der Waals surface area contributed by atoms with Crippen LogP contribution in [0.15, 0.2) is 30.0 Å². The van der Waals surface area contributed by atoms with Crippen molar-refractivity contribution in [1.29, 1.82) is 0 Å². The van der Waals surface area contributed by atoms with Crippen LogP contribution in [0, 0.1) is 10.1 Å². The minimum atomic E-state index is -0.510. The molecule has 8 nitrogen and oxygen atoms in total. The van der Waals surface area contributed by atoms with Gasteiger partial charge in [-0.15, -0.1) is 0 Å². The van der Waals surface area contributed by atoms with Crippen LogP contribution in [-0.2, 0) is 9.59 Å². The highest BCUT2D eigenvalue weighted by molar-refractivity contribution is 6.35. The number of aliphatic hydroxyl groups is 1. The molecular weight excluding hydrogens is 374 g/mol. The molecular formula is C21H29N3O5. The lowest BCUT2D eigenvalue weighted by Crippen LogP contribution is -2.35. The van der Waals surface area contributed by atoms with Crippen LogP contribution in [0.1, 0.15) is 51.0 Å². The Morgan fingerprint density at radius 2 is 1.66 bits per heavy atom. The molecule has 0 saturated carbocycles. The number of hydrogen-bond donors (Lipinski definition) is 1. The second-order valence-electron chi connectivity index (χ2n) is 7.20. The van der Waals surface area contributed by atoms with Crippen molar-refractivity contribution >= 4 is 23.1 Å². The molecule has 2 rings (SSSR count). The fraction of sp³-hybridized carbons (Fsp3) is 0.524. The maximum Gasteiger partial charge on any atom is 0.277 e. The van der Waals surface area contributed by atoms with Crippen molar-refractivity contribution in [2.45, 2.75) is 45.4 Å². The maximum absolute atomic E-state index is 13.0. The lowest BCUT2D eigenvalue weighted by Gasteiger charge is -2.20. The molecule has 1 aliphatic rings. The number of aliphatic hydroxyl groups excluding tert-OH is 1. The molecule has 0 spiro atoms. The first-order valence-corrected chi connectivity index (χ1v) is 10.1. The number of carbonyl (C=O) groups is 2. The van der Waals surface area contributed by atoms with Gasteiger partial charge in [0.25, 0.3) is 17.5 Å². The summed E-state index contributed by atoms with van der Waals surface area (Å²) in [7, 11) is 1.65. The van der Waals surface area contributed by atoms with E-state index in [-0.39, 0.29) is 36.0 Å². The van der Waals surface area contributed by atoms with Crippen molar-refractivity contribution in [3.63, 3.8) is 0 Å². The summed E-state index contributed by atoms with van der Waals surface area (Å²) >= 11 is 0. The van der Waals surface area contributed by atoms with Crippen LogP contribution in [0.5, 0.6) is 0 Å². The average molecular weight is 403 g/mol. The molecule has 0 radical (unpaired) electrons. The van der Waals surface area contributed by atoms with E-state index in [1.165, 1.54) is 35.6 Å². The van der Waals surface area contributed by atoms with Gasteiger partial charge in [0, 0.05) is 32.3 Å². The van der Waals surface area contributed by atoms with Crippen molar-refractivity contribution in [2.24, 2.45) is 0 Å². The molecule has 0 unspecified atom stereocenters. The standard InChI is InChI=1S/C21H29N3O5/c1-3-4-5-6-7-8-13-23-20(26)18(19(21(23)27)22(2)14-15-25)16-9-11-17(12-10-16)24(28)29/h9-12,25H,3-8,13-15H2,1-2H3. The molecule has 29 heavy (non-hydrogen) atoms. The van der Waals surface area contributed by atoms with Crippen LogP contribution in [-0.4, -0.2) is 58.4 Å². The van der Waals surface area contributed by atoms with E-state index < -0.39 is 10.8 Å². The molecule has 0 aliphatic carbocycles. The van der Waals surface area contributed by atoms with Crippen molar-refractivity contribution in [1.82, 2.24) is 9.80 Å². The first-order valence-electron chi connectivity index (χ1n) is 10.1. The smallest absolute Gasteiger partial charge is 0.277 e. The van der Waals surface area contributed by atoms with Crippen molar-refractivity contribution in [3.8, 4) is 0 Å². The molecule has 1 aliphatic heterocycles. The molecule has 0 atom stereocenters. The predicted molar refractivity (Wildman–Crippen MR) is 110 cm³/mol. The van der Waals surface area contributed by atoms with Crippen LogP contribution in [0.2, 0.25) is 0 Å². The van der Waals surface area contributed by atoms with Crippen molar-refractivity contribution < 1.29 is 19.6 Å². The Morgan fingerprint density at radius 1 is 1.03 bits per heavy atom. The van der Waals surface area contributed by atoms with Crippen LogP contribution in [0.25, 0.3) is 5.57 Å². The highest BCUT2D eigenvalue weighted by Crippen LogP contribution is 2.32. The highest BCUT2D eigenvalue weighted by atomic mass is 16.6. The summed E-state index contributed by atoms with van der Waals surface area (Å²) in [5, 5.41) is 20.2. The number of rotatable bonds is 12. The van der Waals surface area contributed by atoms with E-state index in [2.05, 4.69) is 6.92 Å². The zero-order chi connectivity index (χ0) is 21.4. The largest absolute Gasteiger partial charge is 0.395 e. The summed E-state index contributed by atoms with van der Waals surface area (Å²) in [6.45, 7) is 2.54. The van der Waals surface area contributed by atoms with E-state index in [4.69, 9.17) is 0 Å². The van der Waals surface area contributed by atoms with Crippen molar-refractivity contribution in [2.75, 3.05) is 26.7 Å². The lowest BCUT2D eigenvalue weighted by molar-refractivity contribution is -0.384. The van der Waals surface area contributed by atoms with Crippen LogP contribution in [0.4, 0.5) is 5.69 Å². The fourth-order valence-electron chi connectivity index (χ4n) is 3.44. The molecule has 1 aromatic carbocycles. The first-order chi connectivity index (χ1) is 13.9. The van der Waals surface area contributed by atoms with E-state index in [1.807, 2.05) is 0 Å². The molecule has 0 saturated heterocycles. The van der Waals surface area contributed by atoms with Crippen LogP contribution in [0.3, 0.4) is 0 Å². The summed E-state index contributed by atoms with van der Waals surface area (Å²) in [5.41, 5.74) is 0.829. The Labute approximate surface area is 171 Å². The highest BCUT2D eigenvalue weighted by Gasteiger charge is 2.40. The SMILES string of the molecule is CCCCCCCCN1C(=O)C(c2ccc([N+](=O)[O-])cc2)=C(N(C)CCO)C1=O. The van der Waals surface area contributed by atoms with Gasteiger partial charge in [-0.25, -0.2) is 0 Å². The Kier molecular flexibility index (Phi) is 8.33. The molecule has 1 aromatic rings. The topological polar surface area (TPSA) is 104 Å². The van der Waals surface area contributed by atoms with Gasteiger partial charge in [-0.05, 0) is 24.1 Å². The Morgan fingerprint density at radius 3 is 2.24 bits per heavy atom. The summed E-state index contributed by atoms with van der Waals surface area (Å²) in [4.78, 5) is 39.2. The van der Waals surface area contributed by atoms with Gasteiger partial charge in [0.1, 0.15) is 5.70 Å². The van der Waals surface area contributed by atoms with Gasteiger partial charge in [0.05, 0.1) is 17.1 Å². The van der Waals surface area contributed by atoms with E-state index in [9.17, 15) is 24.8 Å². The summed E-state index contributed by atoms with van der Waals surface area (Å²) in [6, 6.07) is 5.61. The van der Waals surface area contributed by atoms with E-state index in [0.29, 0.717) is 12.1 Å². The normalized spacial score (nSPS) is 14.1. The average Bonchev–Trinajstić information content (AvgIpc) is 2.95. The Hall–Kier alpha value is -2.74. The quantitative estimate of drug-likeness (QED) is 0.249. The van der Waals surface area contributed by atoms with E-state index in [0.717, 1.165) is 32.1 Å². The Bertz CT molecular complexity index is 773. The number of nitro benzene ring substituents is 1. The van der Waals surface area contributed by atoms with Gasteiger partial charge in [0.2, 0.25) is 0 Å². The van der Waals surface area contributed by atoms with Gasteiger partial charge in [0.15, 0.2) is 0 Å². The molecule has 8 heteroatoms. The molecule has 0 bridgehead atoms. The summed E-state index contributed by atoms with van der Waals surface area (Å²) < 4.78 is 0. The molecule has 1 heterocycles. The third-order valence-corrected chi connectivity index (χ3v) is 5.06. The fourth-order valence-corrected chi connectivity index (χ4v) is 3.44. The first kappa shape index (κ1) is 22.5. The number of non-ortho nitro benzene ring substituents is 1. The predicted octanol–water partition coefficient (Wildman–Crippen LogP) is 2.96. The lowest BCUT2D eigenvalue weighted by atomic mass is 10.0. The third-order valence-electron chi connectivity index (χ3n) is 5.06.